The highest BCUT2D eigenvalue weighted by Gasteiger charge is 2.19. The zero-order valence-corrected chi connectivity index (χ0v) is 36.1. The Morgan fingerprint density at radius 1 is 0.338 bits per heavy atom. The van der Waals surface area contributed by atoms with Gasteiger partial charge in [0.1, 0.15) is 5.01 Å². The van der Waals surface area contributed by atoms with Crippen molar-refractivity contribution in [2.24, 2.45) is 0 Å². The highest BCUT2D eigenvalue weighted by molar-refractivity contribution is 7.22. The third-order valence-electron chi connectivity index (χ3n) is 13.0. The standard InChI is InChI=1S/C61H39N3S/c1-3-12-44(13-4-1)61-62-57-36-35-52-55(60(57)65-61)33-27-43-20-22-47(38-56(43)52)42-25-30-50(31-26-42)63(49-28-23-41(24-29-49)46-21-19-40-11-7-8-14-45(40)37-46)51-32-34-54-53-17-9-10-18-58(53)64(59(54)39-51)48-15-5-2-6-16-48/h1-39H. The van der Waals surface area contributed by atoms with Crippen molar-refractivity contribution in [3.8, 4) is 38.5 Å². The van der Waals surface area contributed by atoms with Gasteiger partial charge in [-0.1, -0.05) is 164 Å². The Morgan fingerprint density at radius 2 is 0.908 bits per heavy atom. The highest BCUT2D eigenvalue weighted by atomic mass is 32.1. The first-order chi connectivity index (χ1) is 32.2. The summed E-state index contributed by atoms with van der Waals surface area (Å²) >= 11 is 1.77. The molecule has 0 aliphatic heterocycles. The van der Waals surface area contributed by atoms with Crippen LogP contribution in [0.3, 0.4) is 0 Å². The first-order valence-corrected chi connectivity index (χ1v) is 22.9. The highest BCUT2D eigenvalue weighted by Crippen LogP contribution is 2.42. The van der Waals surface area contributed by atoms with Gasteiger partial charge < -0.3 is 9.47 Å². The van der Waals surface area contributed by atoms with Crippen molar-refractivity contribution in [1.82, 2.24) is 9.55 Å². The topological polar surface area (TPSA) is 21.1 Å². The van der Waals surface area contributed by atoms with Crippen LogP contribution in [0.25, 0.3) is 103 Å². The van der Waals surface area contributed by atoms with Crippen molar-refractivity contribution < 1.29 is 0 Å². The van der Waals surface area contributed by atoms with Crippen LogP contribution in [0.1, 0.15) is 0 Å². The van der Waals surface area contributed by atoms with Gasteiger partial charge in [-0.05, 0) is 122 Å². The number of anilines is 3. The average Bonchev–Trinajstić information content (AvgIpc) is 3.97. The van der Waals surface area contributed by atoms with E-state index in [-0.39, 0.29) is 0 Å². The van der Waals surface area contributed by atoms with Crippen LogP contribution in [-0.4, -0.2) is 9.55 Å². The van der Waals surface area contributed by atoms with Gasteiger partial charge in [0.2, 0.25) is 0 Å². The molecule has 0 saturated carbocycles. The summed E-state index contributed by atoms with van der Waals surface area (Å²) in [4.78, 5) is 7.42. The third kappa shape index (κ3) is 6.37. The SMILES string of the molecule is c1ccc(-c2nc3ccc4c5cc(-c6ccc(N(c7ccc(-c8ccc9ccccc9c8)cc7)c7ccc8c9ccccc9n(-c9ccccc9)c8c7)cc6)ccc5ccc4c3s2)cc1. The molecule has 0 unspecified atom stereocenters. The smallest absolute Gasteiger partial charge is 0.124 e. The van der Waals surface area contributed by atoms with E-state index in [9.17, 15) is 0 Å². The van der Waals surface area contributed by atoms with Gasteiger partial charge in [0.25, 0.3) is 0 Å². The van der Waals surface area contributed by atoms with Crippen LogP contribution < -0.4 is 4.90 Å². The molecule has 0 N–H and O–H groups in total. The summed E-state index contributed by atoms with van der Waals surface area (Å²) in [5, 5.41) is 11.0. The first kappa shape index (κ1) is 37.3. The molecule has 0 aliphatic carbocycles. The molecule has 65 heavy (non-hydrogen) atoms. The number of fused-ring (bicyclic) bond motifs is 9. The van der Waals surface area contributed by atoms with E-state index in [1.807, 2.05) is 0 Å². The number of aromatic nitrogens is 2. The predicted octanol–water partition coefficient (Wildman–Crippen LogP) is 17.3. The van der Waals surface area contributed by atoms with Crippen molar-refractivity contribution >= 4 is 92.7 Å². The van der Waals surface area contributed by atoms with Gasteiger partial charge in [0.15, 0.2) is 0 Å². The molecular formula is C61H39N3S. The molecule has 4 heteroatoms. The lowest BCUT2D eigenvalue weighted by atomic mass is 9.97. The summed E-state index contributed by atoms with van der Waals surface area (Å²) in [6, 6.07) is 86.0. The quantitative estimate of drug-likeness (QED) is 0.149. The Kier molecular flexibility index (Phi) is 8.71. The molecule has 0 amide bonds. The minimum atomic E-state index is 1.04. The van der Waals surface area contributed by atoms with Crippen LogP contribution in [0.4, 0.5) is 17.1 Å². The van der Waals surface area contributed by atoms with E-state index >= 15 is 0 Å². The van der Waals surface area contributed by atoms with Gasteiger partial charge in [-0.15, -0.1) is 11.3 Å². The number of benzene rings is 11. The fourth-order valence-corrected chi connectivity index (χ4v) is 10.9. The fraction of sp³-hybridized carbons (Fsp3) is 0. The van der Waals surface area contributed by atoms with E-state index in [1.165, 1.54) is 81.1 Å². The van der Waals surface area contributed by atoms with Gasteiger partial charge in [-0.25, -0.2) is 4.98 Å². The maximum Gasteiger partial charge on any atom is 0.124 e. The average molecular weight is 846 g/mol. The number of hydrogen-bond donors (Lipinski definition) is 0. The molecular weight excluding hydrogens is 807 g/mol. The molecule has 2 heterocycles. The zero-order chi connectivity index (χ0) is 42.8. The van der Waals surface area contributed by atoms with E-state index in [4.69, 9.17) is 4.98 Å². The second kappa shape index (κ2) is 15.2. The Balaban J connectivity index is 0.921. The van der Waals surface area contributed by atoms with Gasteiger partial charge in [-0.3, -0.25) is 0 Å². The number of para-hydroxylation sites is 2. The van der Waals surface area contributed by atoms with E-state index in [0.717, 1.165) is 38.8 Å². The van der Waals surface area contributed by atoms with Crippen LogP contribution in [0.2, 0.25) is 0 Å². The minimum Gasteiger partial charge on any atom is -0.310 e. The Labute approximate surface area is 380 Å². The maximum atomic E-state index is 5.03. The summed E-state index contributed by atoms with van der Waals surface area (Å²) in [5.41, 5.74) is 13.7. The van der Waals surface area contributed by atoms with Gasteiger partial charge in [0.05, 0.1) is 21.3 Å². The van der Waals surface area contributed by atoms with E-state index < -0.39 is 0 Å². The first-order valence-electron chi connectivity index (χ1n) is 22.1. The second-order valence-electron chi connectivity index (χ2n) is 16.8. The number of rotatable bonds is 7. The number of nitrogens with zero attached hydrogens (tertiary/aromatic N) is 3. The lowest BCUT2D eigenvalue weighted by molar-refractivity contribution is 1.18. The molecule has 0 fully saturated rings. The predicted molar refractivity (Wildman–Crippen MR) is 277 cm³/mol. The number of hydrogen-bond acceptors (Lipinski definition) is 3. The zero-order valence-electron chi connectivity index (χ0n) is 35.3. The molecule has 0 bridgehead atoms. The normalized spacial score (nSPS) is 11.7. The molecule has 2 aromatic heterocycles. The van der Waals surface area contributed by atoms with Crippen LogP contribution in [0.5, 0.6) is 0 Å². The van der Waals surface area contributed by atoms with Crippen LogP contribution in [0, 0.1) is 0 Å². The molecule has 13 rings (SSSR count). The summed E-state index contributed by atoms with van der Waals surface area (Å²) in [6.45, 7) is 0. The van der Waals surface area contributed by atoms with Crippen molar-refractivity contribution in [3.05, 3.63) is 237 Å². The summed E-state index contributed by atoms with van der Waals surface area (Å²) in [6.07, 6.45) is 0. The van der Waals surface area contributed by atoms with E-state index in [0.29, 0.717) is 0 Å². The maximum absolute atomic E-state index is 5.03. The second-order valence-corrected chi connectivity index (χ2v) is 17.8. The monoisotopic (exact) mass is 845 g/mol. The minimum absolute atomic E-state index is 1.04. The lowest BCUT2D eigenvalue weighted by Crippen LogP contribution is -2.10. The van der Waals surface area contributed by atoms with Crippen molar-refractivity contribution in [3.63, 3.8) is 0 Å². The van der Waals surface area contributed by atoms with Crippen molar-refractivity contribution in [2.45, 2.75) is 0 Å². The fourth-order valence-electron chi connectivity index (χ4n) is 9.78. The Hall–Kier alpha value is -8.31. The largest absolute Gasteiger partial charge is 0.310 e. The van der Waals surface area contributed by atoms with Gasteiger partial charge in [-0.2, -0.15) is 0 Å². The van der Waals surface area contributed by atoms with Gasteiger partial charge >= 0.3 is 0 Å². The van der Waals surface area contributed by atoms with Crippen LogP contribution in [-0.2, 0) is 0 Å². The molecule has 0 aliphatic rings. The molecule has 11 aromatic carbocycles. The molecule has 304 valence electrons. The Bertz CT molecular complexity index is 3920. The number of thiazole rings is 1. The summed E-state index contributed by atoms with van der Waals surface area (Å²) < 4.78 is 3.62. The van der Waals surface area contributed by atoms with E-state index in [1.54, 1.807) is 11.3 Å². The Morgan fingerprint density at radius 3 is 1.68 bits per heavy atom. The summed E-state index contributed by atoms with van der Waals surface area (Å²) in [5.74, 6) is 0. The molecule has 0 atom stereocenters. The van der Waals surface area contributed by atoms with Crippen LogP contribution in [0.15, 0.2) is 237 Å². The van der Waals surface area contributed by atoms with Crippen molar-refractivity contribution in [1.29, 1.82) is 0 Å². The van der Waals surface area contributed by atoms with Crippen molar-refractivity contribution in [2.75, 3.05) is 4.90 Å². The summed E-state index contributed by atoms with van der Waals surface area (Å²) in [7, 11) is 0. The molecule has 0 radical (unpaired) electrons. The molecule has 0 spiro atoms. The molecule has 13 aromatic rings. The molecule has 3 nitrogen and oxygen atoms in total. The van der Waals surface area contributed by atoms with Gasteiger partial charge in [0, 0.05) is 44.5 Å². The van der Waals surface area contributed by atoms with E-state index in [2.05, 4.69) is 246 Å². The lowest BCUT2D eigenvalue weighted by Gasteiger charge is -2.26. The molecule has 0 saturated heterocycles. The third-order valence-corrected chi connectivity index (χ3v) is 14.1. The van der Waals surface area contributed by atoms with Crippen LogP contribution >= 0.6 is 11.3 Å².